The summed E-state index contributed by atoms with van der Waals surface area (Å²) in [7, 11) is 0. The minimum absolute atomic E-state index is 0.118. The van der Waals surface area contributed by atoms with E-state index in [1.165, 1.54) is 4.90 Å². The van der Waals surface area contributed by atoms with E-state index in [-0.39, 0.29) is 11.8 Å². The van der Waals surface area contributed by atoms with E-state index >= 15 is 0 Å². The molecule has 0 aliphatic carbocycles. The zero-order valence-electron chi connectivity index (χ0n) is 12.8. The maximum absolute atomic E-state index is 12.6. The minimum Gasteiger partial charge on any atom is -0.340 e. The Labute approximate surface area is 135 Å². The number of para-hydroxylation sites is 1. The van der Waals surface area contributed by atoms with Crippen molar-refractivity contribution in [3.8, 4) is 0 Å². The Morgan fingerprint density at radius 2 is 1.82 bits per heavy atom. The summed E-state index contributed by atoms with van der Waals surface area (Å²) >= 11 is 1.81. The van der Waals surface area contributed by atoms with Gasteiger partial charge in [-0.25, -0.2) is 0 Å². The monoisotopic (exact) mass is 319 g/mol. The number of fused-ring (bicyclic) bond motifs is 1. The van der Waals surface area contributed by atoms with Crippen molar-refractivity contribution >= 4 is 29.3 Å². The van der Waals surface area contributed by atoms with Crippen LogP contribution in [0.2, 0.25) is 0 Å². The number of carbonyl (C=O) groups is 2. The molecule has 3 rings (SSSR count). The van der Waals surface area contributed by atoms with Crippen molar-refractivity contribution in [2.24, 2.45) is 0 Å². The van der Waals surface area contributed by atoms with Crippen molar-refractivity contribution < 1.29 is 9.59 Å². The van der Waals surface area contributed by atoms with Gasteiger partial charge < -0.3 is 9.80 Å². The van der Waals surface area contributed by atoms with Crippen LogP contribution in [0, 0.1) is 0 Å². The fourth-order valence-corrected chi connectivity index (χ4v) is 3.92. The average Bonchev–Trinajstić information content (AvgIpc) is 2.54. The highest BCUT2D eigenvalue weighted by atomic mass is 32.2. The van der Waals surface area contributed by atoms with Gasteiger partial charge in [0.15, 0.2) is 0 Å². The first-order valence-corrected chi connectivity index (χ1v) is 8.64. The number of amides is 2. The van der Waals surface area contributed by atoms with Gasteiger partial charge in [-0.2, -0.15) is 0 Å². The minimum atomic E-state index is 0.118. The summed E-state index contributed by atoms with van der Waals surface area (Å²) < 4.78 is 0. The molecule has 5 nitrogen and oxygen atoms in total. The predicted octanol–water partition coefficient (Wildman–Crippen LogP) is 1.29. The van der Waals surface area contributed by atoms with E-state index in [2.05, 4.69) is 11.0 Å². The largest absolute Gasteiger partial charge is 0.340 e. The lowest BCUT2D eigenvalue weighted by atomic mass is 10.2. The van der Waals surface area contributed by atoms with E-state index in [0.717, 1.165) is 44.2 Å². The first-order chi connectivity index (χ1) is 10.6. The molecule has 1 aromatic carbocycles. The summed E-state index contributed by atoms with van der Waals surface area (Å²) in [5, 5.41) is 0. The maximum Gasteiger partial charge on any atom is 0.241 e. The summed E-state index contributed by atoms with van der Waals surface area (Å²) in [6.45, 7) is 5.79. The van der Waals surface area contributed by atoms with E-state index in [1.807, 2.05) is 39.8 Å². The molecule has 0 radical (unpaired) electrons. The van der Waals surface area contributed by atoms with Crippen LogP contribution in [-0.4, -0.2) is 66.6 Å². The Bertz CT molecular complexity index is 570. The molecule has 0 saturated carbocycles. The molecular formula is C16H21N3O2S. The Hall–Kier alpha value is -1.53. The second-order valence-electron chi connectivity index (χ2n) is 5.64. The summed E-state index contributed by atoms with van der Waals surface area (Å²) in [4.78, 5) is 31.1. The standard InChI is InChI=1S/C16H21N3O2S/c1-13(20)18-8-6-17(7-9-18)12-16(21)19-10-11-22-15-5-3-2-4-14(15)19/h2-5H,6-12H2,1H3. The Kier molecular flexibility index (Phi) is 4.69. The molecule has 0 bridgehead atoms. The molecular weight excluding hydrogens is 298 g/mol. The number of piperazine rings is 1. The summed E-state index contributed by atoms with van der Waals surface area (Å²) in [5.41, 5.74) is 1.03. The third-order valence-electron chi connectivity index (χ3n) is 4.21. The molecule has 1 saturated heterocycles. The second-order valence-corrected chi connectivity index (χ2v) is 6.78. The smallest absolute Gasteiger partial charge is 0.241 e. The van der Waals surface area contributed by atoms with Gasteiger partial charge in [0.1, 0.15) is 0 Å². The van der Waals surface area contributed by atoms with Gasteiger partial charge in [0, 0.05) is 50.3 Å². The highest BCUT2D eigenvalue weighted by Crippen LogP contribution is 2.34. The Morgan fingerprint density at radius 3 is 2.55 bits per heavy atom. The Morgan fingerprint density at radius 1 is 1.09 bits per heavy atom. The van der Waals surface area contributed by atoms with Crippen molar-refractivity contribution in [1.29, 1.82) is 0 Å². The van der Waals surface area contributed by atoms with Gasteiger partial charge >= 0.3 is 0 Å². The summed E-state index contributed by atoms with van der Waals surface area (Å²) in [6, 6.07) is 8.09. The lowest BCUT2D eigenvalue weighted by Gasteiger charge is -2.36. The number of hydrogen-bond acceptors (Lipinski definition) is 4. The van der Waals surface area contributed by atoms with E-state index in [0.29, 0.717) is 6.54 Å². The third-order valence-corrected chi connectivity index (χ3v) is 5.25. The lowest BCUT2D eigenvalue weighted by Crippen LogP contribution is -2.51. The topological polar surface area (TPSA) is 43.9 Å². The number of hydrogen-bond donors (Lipinski definition) is 0. The van der Waals surface area contributed by atoms with Crippen LogP contribution in [0.15, 0.2) is 29.2 Å². The van der Waals surface area contributed by atoms with Gasteiger partial charge in [0.05, 0.1) is 12.2 Å². The van der Waals surface area contributed by atoms with Gasteiger partial charge in [-0.3, -0.25) is 14.5 Å². The van der Waals surface area contributed by atoms with Crippen LogP contribution in [0.5, 0.6) is 0 Å². The number of benzene rings is 1. The molecule has 1 aromatic rings. The van der Waals surface area contributed by atoms with Gasteiger partial charge in [-0.05, 0) is 12.1 Å². The molecule has 1 fully saturated rings. The molecule has 22 heavy (non-hydrogen) atoms. The highest BCUT2D eigenvalue weighted by Gasteiger charge is 2.26. The van der Waals surface area contributed by atoms with Gasteiger partial charge in [0.2, 0.25) is 11.8 Å². The molecule has 118 valence electrons. The summed E-state index contributed by atoms with van der Waals surface area (Å²) in [6.07, 6.45) is 0. The van der Waals surface area contributed by atoms with Crippen molar-refractivity contribution in [1.82, 2.24) is 9.80 Å². The van der Waals surface area contributed by atoms with Gasteiger partial charge in [-0.15, -0.1) is 11.8 Å². The molecule has 6 heteroatoms. The number of carbonyl (C=O) groups excluding carboxylic acids is 2. The quantitative estimate of drug-likeness (QED) is 0.824. The molecule has 0 unspecified atom stereocenters. The van der Waals surface area contributed by atoms with Crippen molar-refractivity contribution in [2.45, 2.75) is 11.8 Å². The summed E-state index contributed by atoms with van der Waals surface area (Å²) in [5.74, 6) is 1.22. The van der Waals surface area contributed by atoms with Crippen LogP contribution in [0.25, 0.3) is 0 Å². The van der Waals surface area contributed by atoms with Crippen LogP contribution >= 0.6 is 11.8 Å². The molecule has 2 aliphatic heterocycles. The normalized spacial score (nSPS) is 19.0. The lowest BCUT2D eigenvalue weighted by molar-refractivity contribution is -0.130. The zero-order valence-corrected chi connectivity index (χ0v) is 13.6. The number of thioether (sulfide) groups is 1. The molecule has 2 heterocycles. The number of nitrogens with zero attached hydrogens (tertiary/aromatic N) is 3. The first-order valence-electron chi connectivity index (χ1n) is 7.65. The molecule has 0 atom stereocenters. The van der Waals surface area contributed by atoms with Crippen molar-refractivity contribution in [3.63, 3.8) is 0 Å². The first kappa shape index (κ1) is 15.4. The van der Waals surface area contributed by atoms with Crippen LogP contribution < -0.4 is 4.90 Å². The van der Waals surface area contributed by atoms with Crippen LogP contribution in [0.3, 0.4) is 0 Å². The van der Waals surface area contributed by atoms with Crippen molar-refractivity contribution in [2.75, 3.05) is 49.9 Å². The van der Waals surface area contributed by atoms with E-state index < -0.39 is 0 Å². The predicted molar refractivity (Wildman–Crippen MR) is 88.2 cm³/mol. The van der Waals surface area contributed by atoms with E-state index in [4.69, 9.17) is 0 Å². The molecule has 2 amide bonds. The molecule has 0 N–H and O–H groups in total. The van der Waals surface area contributed by atoms with Crippen molar-refractivity contribution in [3.05, 3.63) is 24.3 Å². The fourth-order valence-electron chi connectivity index (χ4n) is 2.93. The highest BCUT2D eigenvalue weighted by molar-refractivity contribution is 7.99. The van der Waals surface area contributed by atoms with E-state index in [9.17, 15) is 9.59 Å². The van der Waals surface area contributed by atoms with E-state index in [1.54, 1.807) is 6.92 Å². The maximum atomic E-state index is 12.6. The fraction of sp³-hybridized carbons (Fsp3) is 0.500. The molecule has 0 aromatic heterocycles. The average molecular weight is 319 g/mol. The number of anilines is 1. The Balaban J connectivity index is 1.61. The number of rotatable bonds is 2. The van der Waals surface area contributed by atoms with Gasteiger partial charge in [0.25, 0.3) is 0 Å². The SMILES string of the molecule is CC(=O)N1CCN(CC(=O)N2CCSc3ccccc32)CC1. The van der Waals surface area contributed by atoms with Crippen LogP contribution in [-0.2, 0) is 9.59 Å². The molecule has 0 spiro atoms. The van der Waals surface area contributed by atoms with Gasteiger partial charge in [-0.1, -0.05) is 12.1 Å². The zero-order chi connectivity index (χ0) is 15.5. The van der Waals surface area contributed by atoms with Crippen LogP contribution in [0.1, 0.15) is 6.92 Å². The van der Waals surface area contributed by atoms with Crippen LogP contribution in [0.4, 0.5) is 5.69 Å². The third kappa shape index (κ3) is 3.28. The second kappa shape index (κ2) is 6.71. The molecule has 2 aliphatic rings.